The van der Waals surface area contributed by atoms with Crippen LogP contribution in [-0.2, 0) is 0 Å². The summed E-state index contributed by atoms with van der Waals surface area (Å²) in [6, 6.07) is 13.8. The largest absolute Gasteiger partial charge is 0.692 e. The minimum absolute atomic E-state index is 0.558. The van der Waals surface area contributed by atoms with Crippen molar-refractivity contribution in [1.29, 1.82) is 0 Å². The van der Waals surface area contributed by atoms with E-state index in [-0.39, 0.29) is 0 Å². The Morgan fingerprint density at radius 2 is 1.52 bits per heavy atom. The molecule has 0 aliphatic carbocycles. The van der Waals surface area contributed by atoms with E-state index >= 15 is 0 Å². The van der Waals surface area contributed by atoms with Gasteiger partial charge in [-0.05, 0) is 49.8 Å². The first kappa shape index (κ1) is 13.4. The summed E-state index contributed by atoms with van der Waals surface area (Å²) in [5, 5.41) is 16.7. The Morgan fingerprint density at radius 1 is 0.905 bits per heavy atom. The molecule has 0 N–H and O–H groups in total. The SMILES string of the molecule is Cc1ccc(-n2ncc(-c3cc(C)cc(C)c3)[n+]2[O-])cc1. The van der Waals surface area contributed by atoms with Gasteiger partial charge in [-0.3, -0.25) is 0 Å². The van der Waals surface area contributed by atoms with Crippen molar-refractivity contribution in [1.82, 2.24) is 9.90 Å². The smallest absolute Gasteiger partial charge is 0.215 e. The Bertz CT molecular complexity index is 768. The van der Waals surface area contributed by atoms with Crippen molar-refractivity contribution >= 4 is 0 Å². The second-order valence-electron chi connectivity index (χ2n) is 5.40. The molecule has 0 unspecified atom stereocenters. The molecule has 0 amide bonds. The summed E-state index contributed by atoms with van der Waals surface area (Å²) in [6.07, 6.45) is 1.61. The van der Waals surface area contributed by atoms with Gasteiger partial charge >= 0.3 is 0 Å². The van der Waals surface area contributed by atoms with Gasteiger partial charge in [-0.15, -0.1) is 4.85 Å². The maximum absolute atomic E-state index is 12.5. The van der Waals surface area contributed by atoms with E-state index in [1.165, 1.54) is 4.80 Å². The molecule has 3 rings (SSSR count). The van der Waals surface area contributed by atoms with Gasteiger partial charge in [0.05, 0.1) is 0 Å². The Balaban J connectivity index is 2.08. The van der Waals surface area contributed by atoms with Gasteiger partial charge in [-0.2, -0.15) is 0 Å². The van der Waals surface area contributed by atoms with E-state index in [0.717, 1.165) is 32.8 Å². The Kier molecular flexibility index (Phi) is 3.22. The molecule has 0 fully saturated rings. The normalized spacial score (nSPS) is 10.8. The van der Waals surface area contributed by atoms with Crippen LogP contribution in [0.15, 0.2) is 48.7 Å². The quantitative estimate of drug-likeness (QED) is 0.534. The van der Waals surface area contributed by atoms with Crippen molar-refractivity contribution in [2.45, 2.75) is 20.8 Å². The van der Waals surface area contributed by atoms with Crippen molar-refractivity contribution < 1.29 is 4.85 Å². The molecule has 0 saturated heterocycles. The fourth-order valence-electron chi connectivity index (χ4n) is 2.46. The number of nitrogens with zero attached hydrogens (tertiary/aromatic N) is 3. The van der Waals surface area contributed by atoms with E-state index in [1.54, 1.807) is 6.20 Å². The molecule has 4 heteroatoms. The van der Waals surface area contributed by atoms with E-state index in [2.05, 4.69) is 11.2 Å². The third kappa shape index (κ3) is 2.52. The lowest BCUT2D eigenvalue weighted by Crippen LogP contribution is -2.38. The molecule has 0 aliphatic rings. The van der Waals surface area contributed by atoms with Crippen molar-refractivity contribution in [3.8, 4) is 16.9 Å². The number of hydrogen-bond donors (Lipinski definition) is 0. The van der Waals surface area contributed by atoms with Crippen LogP contribution in [0.2, 0.25) is 0 Å². The number of hydrogen-bond acceptors (Lipinski definition) is 2. The number of aryl methyl sites for hydroxylation is 3. The summed E-state index contributed by atoms with van der Waals surface area (Å²) in [6.45, 7) is 6.06. The number of benzene rings is 2. The zero-order chi connectivity index (χ0) is 15.0. The molecule has 2 aromatic carbocycles. The van der Waals surface area contributed by atoms with Gasteiger partial charge in [-0.1, -0.05) is 34.9 Å². The summed E-state index contributed by atoms with van der Waals surface area (Å²) in [7, 11) is 0. The average Bonchev–Trinajstić information content (AvgIpc) is 2.80. The van der Waals surface area contributed by atoms with Gasteiger partial charge < -0.3 is 5.21 Å². The van der Waals surface area contributed by atoms with Gasteiger partial charge in [0, 0.05) is 10.7 Å². The molecule has 21 heavy (non-hydrogen) atoms. The molecule has 0 radical (unpaired) electrons. The molecule has 0 aliphatic heterocycles. The third-order valence-electron chi connectivity index (χ3n) is 3.45. The zero-order valence-electron chi connectivity index (χ0n) is 12.4. The first-order valence-electron chi connectivity index (χ1n) is 6.88. The van der Waals surface area contributed by atoms with Crippen LogP contribution in [0.1, 0.15) is 16.7 Å². The van der Waals surface area contributed by atoms with Gasteiger partial charge in [0.15, 0.2) is 0 Å². The van der Waals surface area contributed by atoms with Crippen molar-refractivity contribution in [2.24, 2.45) is 0 Å². The molecule has 106 valence electrons. The van der Waals surface area contributed by atoms with Crippen molar-refractivity contribution in [2.75, 3.05) is 0 Å². The van der Waals surface area contributed by atoms with E-state index < -0.39 is 0 Å². The lowest BCUT2D eigenvalue weighted by Gasteiger charge is -2.08. The summed E-state index contributed by atoms with van der Waals surface area (Å²) < 4.78 is 0. The minimum atomic E-state index is 0.558. The Morgan fingerprint density at radius 3 is 2.14 bits per heavy atom. The molecule has 0 saturated carbocycles. The predicted octanol–water partition coefficient (Wildman–Crippen LogP) is 3.10. The summed E-state index contributed by atoms with van der Waals surface area (Å²) in [5.74, 6) is 0. The van der Waals surface area contributed by atoms with Gasteiger partial charge in [0.2, 0.25) is 11.9 Å². The average molecular weight is 279 g/mol. The highest BCUT2D eigenvalue weighted by molar-refractivity contribution is 5.57. The Labute approximate surface area is 123 Å². The fourth-order valence-corrected chi connectivity index (χ4v) is 2.46. The van der Waals surface area contributed by atoms with Gasteiger partial charge in [-0.25, -0.2) is 0 Å². The van der Waals surface area contributed by atoms with Crippen LogP contribution in [0.3, 0.4) is 0 Å². The van der Waals surface area contributed by atoms with Crippen LogP contribution in [0.25, 0.3) is 16.9 Å². The first-order valence-corrected chi connectivity index (χ1v) is 6.88. The highest BCUT2D eigenvalue weighted by Gasteiger charge is 2.16. The number of rotatable bonds is 2. The predicted molar refractivity (Wildman–Crippen MR) is 82.2 cm³/mol. The Hall–Kier alpha value is -2.62. The van der Waals surface area contributed by atoms with Crippen LogP contribution in [0.5, 0.6) is 0 Å². The van der Waals surface area contributed by atoms with Crippen molar-refractivity contribution in [3.05, 3.63) is 70.6 Å². The summed E-state index contributed by atoms with van der Waals surface area (Å²) in [4.78, 5) is 2.20. The topological polar surface area (TPSA) is 44.8 Å². The second-order valence-corrected chi connectivity index (χ2v) is 5.40. The van der Waals surface area contributed by atoms with Crippen LogP contribution in [0.4, 0.5) is 0 Å². The molecule has 4 nitrogen and oxygen atoms in total. The maximum atomic E-state index is 12.5. The highest BCUT2D eigenvalue weighted by atomic mass is 16.5. The molecule has 1 aromatic heterocycles. The van der Waals surface area contributed by atoms with E-state index in [1.807, 2.05) is 57.2 Å². The standard InChI is InChI=1S/C17H17N3O/c1-12-4-6-16(7-5-12)19-18-11-17(20(19)21)15-9-13(2)8-14(3)10-15/h4-11H,1-3H3. The van der Waals surface area contributed by atoms with Crippen LogP contribution < -0.4 is 4.85 Å². The van der Waals surface area contributed by atoms with Gasteiger partial charge in [0.1, 0.15) is 5.69 Å². The molecular weight excluding hydrogens is 262 g/mol. The van der Waals surface area contributed by atoms with E-state index in [9.17, 15) is 5.21 Å². The molecule has 1 heterocycles. The van der Waals surface area contributed by atoms with Gasteiger partial charge in [0.25, 0.3) is 0 Å². The first-order chi connectivity index (χ1) is 10.0. The second kappa shape index (κ2) is 5.05. The molecule has 0 spiro atoms. The molecular formula is C17H17N3O. The monoisotopic (exact) mass is 279 g/mol. The van der Waals surface area contributed by atoms with Crippen LogP contribution in [0, 0.1) is 26.0 Å². The molecule has 0 bridgehead atoms. The van der Waals surface area contributed by atoms with Crippen molar-refractivity contribution in [3.63, 3.8) is 0 Å². The summed E-state index contributed by atoms with van der Waals surface area (Å²) in [5.41, 5.74) is 5.62. The van der Waals surface area contributed by atoms with E-state index in [4.69, 9.17) is 0 Å². The molecule has 0 atom stereocenters. The lowest BCUT2D eigenvalue weighted by molar-refractivity contribution is -0.678. The highest BCUT2D eigenvalue weighted by Crippen LogP contribution is 2.19. The number of aromatic nitrogens is 3. The minimum Gasteiger partial charge on any atom is -0.692 e. The van der Waals surface area contributed by atoms with Crippen LogP contribution in [-0.4, -0.2) is 9.90 Å². The fraction of sp³-hybridized carbons (Fsp3) is 0.176. The lowest BCUT2D eigenvalue weighted by atomic mass is 10.1. The molecule has 3 aromatic rings. The summed E-state index contributed by atoms with van der Waals surface area (Å²) >= 11 is 0. The van der Waals surface area contributed by atoms with Crippen LogP contribution >= 0.6 is 0 Å². The van der Waals surface area contributed by atoms with E-state index in [0.29, 0.717) is 5.69 Å². The zero-order valence-corrected chi connectivity index (χ0v) is 12.4. The maximum Gasteiger partial charge on any atom is 0.215 e. The third-order valence-corrected chi connectivity index (χ3v) is 3.45.